The molecule has 0 spiro atoms. The van der Waals surface area contributed by atoms with Gasteiger partial charge in [-0.15, -0.1) is 0 Å². The van der Waals surface area contributed by atoms with Crippen LogP contribution in [0.4, 0.5) is 0 Å². The first-order valence-corrected chi connectivity index (χ1v) is 10.00. The maximum Gasteiger partial charge on any atom is 0.251 e. The Labute approximate surface area is 158 Å². The lowest BCUT2D eigenvalue weighted by Gasteiger charge is -2.09. The molecule has 0 aliphatic heterocycles. The Balaban J connectivity index is 1.44. The van der Waals surface area contributed by atoms with Crippen molar-refractivity contribution in [3.05, 3.63) is 71.9 Å². The van der Waals surface area contributed by atoms with E-state index in [-0.39, 0.29) is 5.91 Å². The number of rotatable bonds is 8. The Bertz CT molecular complexity index is 860. The molecular formula is C21H22N2O2S. The van der Waals surface area contributed by atoms with Crippen molar-refractivity contribution in [2.24, 2.45) is 0 Å². The number of nitrogens with zero attached hydrogens (tertiary/aromatic N) is 1. The molecular weight excluding hydrogens is 344 g/mol. The minimum absolute atomic E-state index is 0.0486. The van der Waals surface area contributed by atoms with Gasteiger partial charge >= 0.3 is 0 Å². The molecule has 2 aromatic carbocycles. The molecule has 0 aliphatic rings. The van der Waals surface area contributed by atoms with Crippen molar-refractivity contribution < 1.29 is 9.53 Å². The van der Waals surface area contributed by atoms with Crippen molar-refractivity contribution in [1.82, 2.24) is 10.3 Å². The molecule has 0 radical (unpaired) electrons. The second-order valence-electron chi connectivity index (χ2n) is 5.92. The third kappa shape index (κ3) is 4.76. The fourth-order valence-electron chi connectivity index (χ4n) is 2.67. The molecule has 0 atom stereocenters. The van der Waals surface area contributed by atoms with Gasteiger partial charge in [0, 0.05) is 29.4 Å². The predicted octanol–water partition coefficient (Wildman–Crippen LogP) is 4.30. The second kappa shape index (κ2) is 9.25. The molecule has 4 nitrogen and oxygen atoms in total. The van der Waals surface area contributed by atoms with Gasteiger partial charge in [0.25, 0.3) is 5.91 Å². The number of thioether (sulfide) groups is 1. The Morgan fingerprint density at radius 2 is 1.92 bits per heavy atom. The summed E-state index contributed by atoms with van der Waals surface area (Å²) in [5.74, 6) is 1.69. The van der Waals surface area contributed by atoms with E-state index in [1.54, 1.807) is 18.0 Å². The first kappa shape index (κ1) is 18.3. The molecule has 0 saturated carbocycles. The second-order valence-corrected chi connectivity index (χ2v) is 6.79. The molecule has 0 fully saturated rings. The summed E-state index contributed by atoms with van der Waals surface area (Å²) in [5, 5.41) is 3.99. The standard InChI is InChI=1S/C21H22N2O2S/c1-26-15-16-8-10-18(11-9-16)21(24)23-13-4-14-25-19-7-2-5-17-6-3-12-22-20(17)19/h2-3,5-12H,4,13-15H2,1H3,(H,23,24). The van der Waals surface area contributed by atoms with Gasteiger partial charge in [0.15, 0.2) is 0 Å². The monoisotopic (exact) mass is 366 g/mol. The van der Waals surface area contributed by atoms with Crippen LogP contribution in [0.25, 0.3) is 10.9 Å². The first-order chi connectivity index (χ1) is 12.8. The van der Waals surface area contributed by atoms with Crippen LogP contribution in [0.15, 0.2) is 60.8 Å². The predicted molar refractivity (Wildman–Crippen MR) is 108 cm³/mol. The third-order valence-corrected chi connectivity index (χ3v) is 4.61. The lowest BCUT2D eigenvalue weighted by molar-refractivity contribution is 0.0951. The molecule has 1 heterocycles. The molecule has 5 heteroatoms. The van der Waals surface area contributed by atoms with Crippen LogP contribution in [-0.2, 0) is 5.75 Å². The summed E-state index contributed by atoms with van der Waals surface area (Å²) in [6, 6.07) is 17.6. The van der Waals surface area contributed by atoms with E-state index >= 15 is 0 Å². The number of aromatic nitrogens is 1. The van der Waals surface area contributed by atoms with Gasteiger partial charge < -0.3 is 10.1 Å². The van der Waals surface area contributed by atoms with E-state index in [1.807, 2.05) is 54.6 Å². The third-order valence-electron chi connectivity index (χ3n) is 3.99. The molecule has 0 unspecified atom stereocenters. The summed E-state index contributed by atoms with van der Waals surface area (Å²) in [4.78, 5) is 16.5. The molecule has 0 aliphatic carbocycles. The minimum Gasteiger partial charge on any atom is -0.491 e. The lowest BCUT2D eigenvalue weighted by atomic mass is 10.1. The number of para-hydroxylation sites is 1. The molecule has 134 valence electrons. The number of hydrogen-bond donors (Lipinski definition) is 1. The number of carbonyl (C=O) groups excluding carboxylic acids is 1. The van der Waals surface area contributed by atoms with Gasteiger partial charge in [-0.3, -0.25) is 9.78 Å². The average molecular weight is 366 g/mol. The minimum atomic E-state index is -0.0486. The maximum atomic E-state index is 12.2. The molecule has 26 heavy (non-hydrogen) atoms. The Morgan fingerprint density at radius 3 is 2.73 bits per heavy atom. The number of carbonyl (C=O) groups is 1. The SMILES string of the molecule is CSCc1ccc(C(=O)NCCCOc2cccc3cccnc23)cc1. The van der Waals surface area contributed by atoms with E-state index in [0.717, 1.165) is 28.8 Å². The number of nitrogens with one attached hydrogen (secondary N) is 1. The van der Waals surface area contributed by atoms with Crippen LogP contribution < -0.4 is 10.1 Å². The quantitative estimate of drug-likeness (QED) is 0.604. The topological polar surface area (TPSA) is 51.2 Å². The van der Waals surface area contributed by atoms with E-state index in [0.29, 0.717) is 18.7 Å². The highest BCUT2D eigenvalue weighted by Gasteiger charge is 2.05. The number of hydrogen-bond acceptors (Lipinski definition) is 4. The van der Waals surface area contributed by atoms with Crippen molar-refractivity contribution in [2.45, 2.75) is 12.2 Å². The van der Waals surface area contributed by atoms with E-state index < -0.39 is 0 Å². The Hall–Kier alpha value is -2.53. The average Bonchev–Trinajstić information content (AvgIpc) is 2.68. The smallest absolute Gasteiger partial charge is 0.251 e. The number of pyridine rings is 1. The van der Waals surface area contributed by atoms with Crippen molar-refractivity contribution >= 4 is 28.6 Å². The first-order valence-electron chi connectivity index (χ1n) is 8.60. The van der Waals surface area contributed by atoms with Crippen LogP contribution in [0.5, 0.6) is 5.75 Å². The highest BCUT2D eigenvalue weighted by molar-refractivity contribution is 7.97. The zero-order valence-electron chi connectivity index (χ0n) is 14.8. The van der Waals surface area contributed by atoms with Gasteiger partial charge in [0.2, 0.25) is 0 Å². The van der Waals surface area contributed by atoms with Crippen LogP contribution in [0, 0.1) is 0 Å². The molecule has 1 amide bonds. The van der Waals surface area contributed by atoms with Crippen LogP contribution in [-0.4, -0.2) is 30.3 Å². The molecule has 3 rings (SSSR count). The van der Waals surface area contributed by atoms with E-state index in [1.165, 1.54) is 5.56 Å². The van der Waals surface area contributed by atoms with E-state index in [2.05, 4.69) is 16.6 Å². The van der Waals surface area contributed by atoms with Crippen molar-refractivity contribution in [1.29, 1.82) is 0 Å². The zero-order valence-corrected chi connectivity index (χ0v) is 15.6. The summed E-state index contributed by atoms with van der Waals surface area (Å²) >= 11 is 1.77. The maximum absolute atomic E-state index is 12.2. The molecule has 0 bridgehead atoms. The lowest BCUT2D eigenvalue weighted by Crippen LogP contribution is -2.25. The van der Waals surface area contributed by atoms with Crippen LogP contribution in [0.1, 0.15) is 22.3 Å². The van der Waals surface area contributed by atoms with Crippen LogP contribution >= 0.6 is 11.8 Å². The van der Waals surface area contributed by atoms with Gasteiger partial charge in [-0.2, -0.15) is 11.8 Å². The van der Waals surface area contributed by atoms with E-state index in [9.17, 15) is 4.79 Å². The van der Waals surface area contributed by atoms with Gasteiger partial charge in [-0.1, -0.05) is 30.3 Å². The van der Waals surface area contributed by atoms with Gasteiger partial charge in [-0.05, 0) is 42.5 Å². The van der Waals surface area contributed by atoms with Gasteiger partial charge in [0.1, 0.15) is 11.3 Å². The molecule has 3 aromatic rings. The number of ether oxygens (including phenoxy) is 1. The summed E-state index contributed by atoms with van der Waals surface area (Å²) in [6.07, 6.45) is 4.57. The van der Waals surface area contributed by atoms with Gasteiger partial charge in [0.05, 0.1) is 6.61 Å². The zero-order chi connectivity index (χ0) is 18.2. The highest BCUT2D eigenvalue weighted by atomic mass is 32.2. The summed E-state index contributed by atoms with van der Waals surface area (Å²) in [7, 11) is 0. The van der Waals surface area contributed by atoms with Crippen LogP contribution in [0.2, 0.25) is 0 Å². The van der Waals surface area contributed by atoms with Crippen molar-refractivity contribution in [2.75, 3.05) is 19.4 Å². The summed E-state index contributed by atoms with van der Waals surface area (Å²) < 4.78 is 5.83. The summed E-state index contributed by atoms with van der Waals surface area (Å²) in [6.45, 7) is 1.10. The number of fused-ring (bicyclic) bond motifs is 1. The summed E-state index contributed by atoms with van der Waals surface area (Å²) in [5.41, 5.74) is 2.78. The van der Waals surface area contributed by atoms with Crippen LogP contribution in [0.3, 0.4) is 0 Å². The Morgan fingerprint density at radius 1 is 1.12 bits per heavy atom. The fraction of sp³-hybridized carbons (Fsp3) is 0.238. The highest BCUT2D eigenvalue weighted by Crippen LogP contribution is 2.22. The van der Waals surface area contributed by atoms with Crippen molar-refractivity contribution in [3.63, 3.8) is 0 Å². The largest absolute Gasteiger partial charge is 0.491 e. The van der Waals surface area contributed by atoms with Gasteiger partial charge in [-0.25, -0.2) is 0 Å². The molecule has 1 N–H and O–H groups in total. The molecule has 0 saturated heterocycles. The normalized spacial score (nSPS) is 10.7. The van der Waals surface area contributed by atoms with Crippen molar-refractivity contribution in [3.8, 4) is 5.75 Å². The fourth-order valence-corrected chi connectivity index (χ4v) is 3.20. The number of amides is 1. The van der Waals surface area contributed by atoms with E-state index in [4.69, 9.17) is 4.74 Å². The Kier molecular flexibility index (Phi) is 6.50. The number of benzene rings is 2. The molecule has 1 aromatic heterocycles.